The zero-order valence-corrected chi connectivity index (χ0v) is 18.7. The average molecular weight is 503 g/mol. The summed E-state index contributed by atoms with van der Waals surface area (Å²) < 4.78 is 76.3. The number of benzene rings is 3. The fraction of sp³-hybridized carbons (Fsp3) is 0.160. The summed E-state index contributed by atoms with van der Waals surface area (Å²) in [7, 11) is 0. The number of aryl methyl sites for hydroxylation is 1. The van der Waals surface area contributed by atoms with Crippen LogP contribution in [-0.4, -0.2) is 15.5 Å². The number of primary amides is 1. The number of nitrogens with zero attached hydrogens (tertiary/aromatic N) is 2. The lowest BCUT2D eigenvalue weighted by Crippen LogP contribution is -2.15. The van der Waals surface area contributed by atoms with Gasteiger partial charge in [-0.3, -0.25) is 9.59 Å². The maximum absolute atomic E-state index is 14.3. The minimum absolute atomic E-state index is 0.0261. The Morgan fingerprint density at radius 3 is 2.39 bits per heavy atom. The highest BCUT2D eigenvalue weighted by Crippen LogP contribution is 2.39. The molecule has 4 aromatic rings. The summed E-state index contributed by atoms with van der Waals surface area (Å²) >= 11 is 0. The Morgan fingerprint density at radius 1 is 1.06 bits per heavy atom. The lowest BCUT2D eigenvalue weighted by atomic mass is 10.1. The maximum Gasteiger partial charge on any atom is 0.419 e. The summed E-state index contributed by atoms with van der Waals surface area (Å²) in [5.74, 6) is -2.97. The number of ether oxygens (including phenoxy) is 1. The number of halogens is 5. The maximum atomic E-state index is 14.3. The lowest BCUT2D eigenvalue weighted by molar-refractivity contribution is -0.138. The Labute approximate surface area is 200 Å². The quantitative estimate of drug-likeness (QED) is 0.381. The second-order valence-corrected chi connectivity index (χ2v) is 8.14. The summed E-state index contributed by atoms with van der Waals surface area (Å²) in [6.07, 6.45) is -4.05. The van der Waals surface area contributed by atoms with Crippen molar-refractivity contribution in [2.45, 2.75) is 26.1 Å². The molecule has 1 aromatic heterocycles. The number of nitrogens with two attached hydrogens (primary N) is 1. The molecule has 0 aliphatic carbocycles. The molecule has 2 N–H and O–H groups in total. The molecule has 3 aromatic carbocycles. The smallest absolute Gasteiger partial charge is 0.419 e. The van der Waals surface area contributed by atoms with Gasteiger partial charge in [0.05, 0.1) is 35.8 Å². The molecule has 0 saturated carbocycles. The van der Waals surface area contributed by atoms with E-state index in [0.29, 0.717) is 5.56 Å². The van der Waals surface area contributed by atoms with Gasteiger partial charge in [-0.25, -0.2) is 8.78 Å². The van der Waals surface area contributed by atoms with Crippen LogP contribution in [0.15, 0.2) is 59.7 Å². The van der Waals surface area contributed by atoms with Gasteiger partial charge in [-0.2, -0.15) is 18.2 Å². The molecule has 6 nitrogen and oxygen atoms in total. The fourth-order valence-electron chi connectivity index (χ4n) is 3.76. The number of alkyl halides is 3. The number of aromatic nitrogens is 2. The number of hydrogen-bond donors (Lipinski definition) is 1. The van der Waals surface area contributed by atoms with Crippen molar-refractivity contribution in [2.24, 2.45) is 5.73 Å². The van der Waals surface area contributed by atoms with Crippen LogP contribution in [0.1, 0.15) is 22.3 Å². The fourth-order valence-corrected chi connectivity index (χ4v) is 3.76. The van der Waals surface area contributed by atoms with E-state index in [1.807, 2.05) is 0 Å². The molecule has 1 heterocycles. The van der Waals surface area contributed by atoms with Gasteiger partial charge in [0.25, 0.3) is 5.56 Å². The van der Waals surface area contributed by atoms with Crippen molar-refractivity contribution in [1.82, 2.24) is 9.55 Å². The van der Waals surface area contributed by atoms with E-state index >= 15 is 0 Å². The van der Waals surface area contributed by atoms with Crippen LogP contribution in [0.5, 0.6) is 11.5 Å². The second kappa shape index (κ2) is 9.40. The van der Waals surface area contributed by atoms with Crippen LogP contribution >= 0.6 is 0 Å². The molecule has 1 amide bonds. The van der Waals surface area contributed by atoms with E-state index in [-0.39, 0.29) is 40.7 Å². The summed E-state index contributed by atoms with van der Waals surface area (Å²) in [5.41, 5.74) is 3.70. The predicted octanol–water partition coefficient (Wildman–Crippen LogP) is 4.87. The molecule has 0 atom stereocenters. The predicted molar refractivity (Wildman–Crippen MR) is 121 cm³/mol. The Kier molecular flexibility index (Phi) is 6.49. The molecule has 0 aliphatic heterocycles. The van der Waals surface area contributed by atoms with Gasteiger partial charge in [0, 0.05) is 5.56 Å². The van der Waals surface area contributed by atoms with E-state index in [1.165, 1.54) is 41.0 Å². The van der Waals surface area contributed by atoms with Crippen molar-refractivity contribution in [1.29, 1.82) is 0 Å². The Morgan fingerprint density at radius 2 is 1.75 bits per heavy atom. The van der Waals surface area contributed by atoms with Crippen molar-refractivity contribution in [3.05, 3.63) is 99.1 Å². The van der Waals surface area contributed by atoms with Gasteiger partial charge in [-0.15, -0.1) is 0 Å². The molecule has 0 spiro atoms. The molecule has 4 rings (SSSR count). The van der Waals surface area contributed by atoms with Gasteiger partial charge in [0.1, 0.15) is 23.1 Å². The van der Waals surface area contributed by atoms with Crippen molar-refractivity contribution in [3.63, 3.8) is 0 Å². The lowest BCUT2D eigenvalue weighted by Gasteiger charge is -2.16. The minimum atomic E-state index is -4.80. The molecular formula is C25H18F5N3O3. The largest absolute Gasteiger partial charge is 0.457 e. The van der Waals surface area contributed by atoms with Crippen molar-refractivity contribution >= 4 is 16.8 Å². The molecule has 0 bridgehead atoms. The highest BCUT2D eigenvalue weighted by molar-refractivity contribution is 5.80. The second-order valence-electron chi connectivity index (χ2n) is 8.14. The first-order valence-electron chi connectivity index (χ1n) is 10.5. The highest BCUT2D eigenvalue weighted by atomic mass is 19.4. The molecule has 0 unspecified atom stereocenters. The zero-order valence-electron chi connectivity index (χ0n) is 18.7. The van der Waals surface area contributed by atoms with Crippen LogP contribution in [0, 0.1) is 18.6 Å². The van der Waals surface area contributed by atoms with Gasteiger partial charge >= 0.3 is 6.18 Å². The topological polar surface area (TPSA) is 87.2 Å². The monoisotopic (exact) mass is 503 g/mol. The van der Waals surface area contributed by atoms with Crippen molar-refractivity contribution in [3.8, 4) is 11.5 Å². The summed E-state index contributed by atoms with van der Waals surface area (Å²) in [6, 6.07) is 9.33. The first kappa shape index (κ1) is 24.8. The SMILES string of the molecule is Cc1cc(F)c(Cn2cnc(=O)c3cc(Oc4ccc(CC(N)=O)cc4C(F)(F)F)ccc32)c(F)c1. The Balaban J connectivity index is 1.73. The number of amides is 1. The van der Waals surface area contributed by atoms with E-state index < -0.39 is 40.6 Å². The highest BCUT2D eigenvalue weighted by Gasteiger charge is 2.35. The zero-order chi connectivity index (χ0) is 26.2. The number of carbonyl (C=O) groups is 1. The first-order valence-corrected chi connectivity index (χ1v) is 10.5. The minimum Gasteiger partial charge on any atom is -0.457 e. The third-order valence-corrected chi connectivity index (χ3v) is 5.39. The van der Waals surface area contributed by atoms with Crippen LogP contribution in [0.4, 0.5) is 22.0 Å². The van der Waals surface area contributed by atoms with Crippen molar-refractivity contribution < 1.29 is 31.5 Å². The molecule has 0 aliphatic rings. The Hall–Kier alpha value is -4.28. The first-order chi connectivity index (χ1) is 16.9. The summed E-state index contributed by atoms with van der Waals surface area (Å²) in [5, 5.41) is -0.0261. The number of hydrogen-bond acceptors (Lipinski definition) is 4. The van der Waals surface area contributed by atoms with E-state index in [9.17, 15) is 31.5 Å². The van der Waals surface area contributed by atoms with E-state index in [4.69, 9.17) is 10.5 Å². The number of fused-ring (bicyclic) bond motifs is 1. The Bertz CT molecular complexity index is 1520. The summed E-state index contributed by atoms with van der Waals surface area (Å²) in [4.78, 5) is 27.2. The standard InChI is InChI=1S/C25H18F5N3O3/c1-13-6-19(26)17(20(27)7-13)11-33-12-32-24(35)16-10-15(3-4-21(16)33)36-22-5-2-14(9-23(31)34)8-18(22)25(28,29)30/h2-8,10,12H,9,11H2,1H3,(H2,31,34). The van der Waals surface area contributed by atoms with Crippen LogP contribution in [-0.2, 0) is 23.9 Å². The van der Waals surface area contributed by atoms with E-state index in [0.717, 1.165) is 18.5 Å². The van der Waals surface area contributed by atoms with Crippen LogP contribution in [0.2, 0.25) is 0 Å². The van der Waals surface area contributed by atoms with Gasteiger partial charge in [-0.1, -0.05) is 6.07 Å². The summed E-state index contributed by atoms with van der Waals surface area (Å²) in [6.45, 7) is 1.27. The molecule has 0 fully saturated rings. The van der Waals surface area contributed by atoms with Crippen molar-refractivity contribution in [2.75, 3.05) is 0 Å². The van der Waals surface area contributed by atoms with Gasteiger partial charge in [-0.05, 0) is 60.5 Å². The van der Waals surface area contributed by atoms with Crippen LogP contribution in [0.25, 0.3) is 10.9 Å². The van der Waals surface area contributed by atoms with Gasteiger partial charge < -0.3 is 15.0 Å². The number of carbonyl (C=O) groups excluding carboxylic acids is 1. The van der Waals surface area contributed by atoms with Crippen LogP contribution in [0.3, 0.4) is 0 Å². The molecule has 0 saturated heterocycles. The number of rotatable bonds is 6. The van der Waals surface area contributed by atoms with Gasteiger partial charge in [0.15, 0.2) is 0 Å². The molecule has 36 heavy (non-hydrogen) atoms. The molecule has 0 radical (unpaired) electrons. The normalized spacial score (nSPS) is 11.6. The van der Waals surface area contributed by atoms with E-state index in [2.05, 4.69) is 4.98 Å². The molecule has 186 valence electrons. The van der Waals surface area contributed by atoms with Crippen LogP contribution < -0.4 is 16.0 Å². The van der Waals surface area contributed by atoms with E-state index in [1.54, 1.807) is 6.92 Å². The third kappa shape index (κ3) is 5.19. The molecule has 11 heteroatoms. The van der Waals surface area contributed by atoms with Gasteiger partial charge in [0.2, 0.25) is 5.91 Å². The average Bonchev–Trinajstić information content (AvgIpc) is 2.77. The third-order valence-electron chi connectivity index (χ3n) is 5.39. The molecular weight excluding hydrogens is 485 g/mol.